The monoisotopic (exact) mass is 610 g/mol. The van der Waals surface area contributed by atoms with Crippen LogP contribution in [0.4, 0.5) is 4.79 Å². The summed E-state index contributed by atoms with van der Waals surface area (Å²) in [5.74, 6) is -0.523. The second-order valence-corrected chi connectivity index (χ2v) is 10.4. The van der Waals surface area contributed by atoms with E-state index in [0.717, 1.165) is 5.41 Å². The number of carboxylic acid groups (broad SMARTS) is 1. The van der Waals surface area contributed by atoms with Gasteiger partial charge in [0.15, 0.2) is 15.6 Å². The third kappa shape index (κ3) is 12.8. The molecule has 0 unspecified atom stereocenters. The summed E-state index contributed by atoms with van der Waals surface area (Å²) in [6, 6.07) is 3.18. The van der Waals surface area contributed by atoms with Crippen LogP contribution in [0, 0.1) is 0 Å². The minimum atomic E-state index is -3.86. The van der Waals surface area contributed by atoms with E-state index >= 15 is 0 Å². The van der Waals surface area contributed by atoms with Crippen LogP contribution in [0.15, 0.2) is 53.4 Å². The highest BCUT2D eigenvalue weighted by molar-refractivity contribution is 7.94. The lowest BCUT2D eigenvalue weighted by atomic mass is 10.1. The molecular formula is C28H38N2O11S. The van der Waals surface area contributed by atoms with Crippen LogP contribution >= 0.6 is 0 Å². The molecule has 1 aromatic rings. The van der Waals surface area contributed by atoms with Crippen molar-refractivity contribution in [3.63, 3.8) is 0 Å². The van der Waals surface area contributed by atoms with E-state index in [0.29, 0.717) is 22.8 Å². The molecule has 0 fully saturated rings. The van der Waals surface area contributed by atoms with Crippen LogP contribution in [0.25, 0.3) is 6.08 Å². The molecule has 0 radical (unpaired) electrons. The zero-order valence-electron chi connectivity index (χ0n) is 24.4. The molecule has 0 aliphatic carbocycles. The highest BCUT2D eigenvalue weighted by atomic mass is 32.2. The average Bonchev–Trinajstić information content (AvgIpc) is 2.96. The van der Waals surface area contributed by atoms with Crippen LogP contribution in [0.2, 0.25) is 0 Å². The van der Waals surface area contributed by atoms with Crippen LogP contribution in [0.3, 0.4) is 0 Å². The summed E-state index contributed by atoms with van der Waals surface area (Å²) in [6.45, 7) is 5.30. The fourth-order valence-electron chi connectivity index (χ4n) is 3.27. The number of ether oxygens (including phenoxy) is 5. The molecular weight excluding hydrogens is 572 g/mol. The van der Waals surface area contributed by atoms with E-state index in [-0.39, 0.29) is 55.4 Å². The lowest BCUT2D eigenvalue weighted by molar-refractivity contribution is -0.137. The third-order valence-corrected chi connectivity index (χ3v) is 6.80. The summed E-state index contributed by atoms with van der Waals surface area (Å²) in [5.41, 5.74) is 0.599. The SMILES string of the molecule is C=C/C(=C\C(OC(=O)NCCNC(=O)CCCC(=O)O)=C(/C)OC)CS(=O)(=O)/C=C/c1c(OC)cc(OC)cc1OC. The molecule has 0 spiro atoms. The molecule has 14 heteroatoms. The third-order valence-electron chi connectivity index (χ3n) is 5.51. The van der Waals surface area contributed by atoms with Crippen LogP contribution < -0.4 is 24.8 Å². The number of hydrogen-bond donors (Lipinski definition) is 3. The number of nitrogens with one attached hydrogen (secondary N) is 2. The number of aliphatic carboxylic acids is 1. The van der Waals surface area contributed by atoms with Crippen molar-refractivity contribution in [3.05, 3.63) is 58.9 Å². The van der Waals surface area contributed by atoms with Gasteiger partial charge in [0, 0.05) is 43.5 Å². The molecule has 0 saturated carbocycles. The smallest absolute Gasteiger partial charge is 0.412 e. The van der Waals surface area contributed by atoms with Gasteiger partial charge in [-0.3, -0.25) is 9.59 Å². The molecule has 0 aliphatic rings. The molecule has 0 aromatic heterocycles. The first-order valence-corrected chi connectivity index (χ1v) is 14.3. The fourth-order valence-corrected chi connectivity index (χ4v) is 4.38. The maximum absolute atomic E-state index is 13.0. The zero-order valence-corrected chi connectivity index (χ0v) is 25.2. The first-order chi connectivity index (χ1) is 19.9. The molecule has 13 nitrogen and oxygen atoms in total. The number of hydrogen-bond acceptors (Lipinski definition) is 10. The summed E-state index contributed by atoms with van der Waals surface area (Å²) in [4.78, 5) is 34.5. The van der Waals surface area contributed by atoms with Crippen molar-refractivity contribution in [2.24, 2.45) is 0 Å². The van der Waals surface area contributed by atoms with E-state index in [1.807, 2.05) is 0 Å². The van der Waals surface area contributed by atoms with Crippen LogP contribution in [0.1, 0.15) is 31.7 Å². The minimum Gasteiger partial charge on any atom is -0.498 e. The lowest BCUT2D eigenvalue weighted by Crippen LogP contribution is -2.34. The predicted molar refractivity (Wildman–Crippen MR) is 156 cm³/mol. The van der Waals surface area contributed by atoms with Gasteiger partial charge in [-0.25, -0.2) is 13.2 Å². The van der Waals surface area contributed by atoms with Crippen molar-refractivity contribution in [2.75, 3.05) is 47.3 Å². The second kappa shape index (κ2) is 18.1. The molecule has 0 atom stereocenters. The van der Waals surface area contributed by atoms with Crippen LogP contribution in [-0.4, -0.2) is 78.8 Å². The van der Waals surface area contributed by atoms with Gasteiger partial charge in [0.2, 0.25) is 5.91 Å². The summed E-state index contributed by atoms with van der Waals surface area (Å²) in [7, 11) is 1.84. The summed E-state index contributed by atoms with van der Waals surface area (Å²) < 4.78 is 52.3. The van der Waals surface area contributed by atoms with E-state index in [1.54, 1.807) is 12.1 Å². The zero-order chi connectivity index (χ0) is 31.7. The maximum atomic E-state index is 13.0. The van der Waals surface area contributed by atoms with E-state index in [1.165, 1.54) is 53.6 Å². The van der Waals surface area contributed by atoms with E-state index in [2.05, 4.69) is 17.2 Å². The highest BCUT2D eigenvalue weighted by Gasteiger charge is 2.16. The van der Waals surface area contributed by atoms with Gasteiger partial charge in [0.05, 0.1) is 39.8 Å². The molecule has 1 rings (SSSR count). The number of amides is 2. The van der Waals surface area contributed by atoms with E-state index in [4.69, 9.17) is 28.8 Å². The predicted octanol–water partition coefficient (Wildman–Crippen LogP) is 3.19. The normalized spacial score (nSPS) is 12.2. The molecule has 0 heterocycles. The summed E-state index contributed by atoms with van der Waals surface area (Å²) in [6.07, 6.45) is 3.23. The number of methoxy groups -OCH3 is 4. The largest absolute Gasteiger partial charge is 0.498 e. The number of carboxylic acids is 1. The van der Waals surface area contributed by atoms with Gasteiger partial charge in [-0.15, -0.1) is 0 Å². The molecule has 232 valence electrons. The summed E-state index contributed by atoms with van der Waals surface area (Å²) in [5, 5.41) is 14.6. The number of sulfone groups is 1. The second-order valence-electron chi connectivity index (χ2n) is 8.52. The van der Waals surface area contributed by atoms with Crippen molar-refractivity contribution in [3.8, 4) is 17.2 Å². The van der Waals surface area contributed by atoms with Gasteiger partial charge in [-0.05, 0) is 31.1 Å². The Morgan fingerprint density at radius 2 is 1.60 bits per heavy atom. The standard InChI is InChI=1S/C28H38N2O11S/c1-7-20(18-42(35,36)14-11-22-24(39-5)16-21(38-4)17-25(22)40-6)15-23(19(2)37-3)41-28(34)30-13-12-29-26(31)9-8-10-27(32)33/h7,11,14-17H,1,8-10,12-13,18H2,2-6H3,(H,29,31)(H,30,34)(H,32,33)/b14-11+,20-15+,23-19-. The number of rotatable bonds is 18. The fraction of sp³-hybridized carbons (Fsp3) is 0.393. The molecule has 0 saturated heterocycles. The number of benzene rings is 1. The van der Waals surface area contributed by atoms with Gasteiger partial charge >= 0.3 is 12.1 Å². The first-order valence-electron chi connectivity index (χ1n) is 12.6. The number of alkyl carbamates (subject to hydrolysis) is 1. The molecule has 1 aromatic carbocycles. The molecule has 2 amide bonds. The van der Waals surface area contributed by atoms with Gasteiger partial charge in [0.1, 0.15) is 23.0 Å². The Labute approximate surface area is 245 Å². The van der Waals surface area contributed by atoms with Crippen LogP contribution in [-0.2, 0) is 28.9 Å². The van der Waals surface area contributed by atoms with Gasteiger partial charge < -0.3 is 39.4 Å². The lowest BCUT2D eigenvalue weighted by Gasteiger charge is -2.13. The molecule has 0 aliphatic heterocycles. The molecule has 0 bridgehead atoms. The quantitative estimate of drug-likeness (QED) is 0.126. The molecule has 3 N–H and O–H groups in total. The Hall–Kier alpha value is -4.46. The van der Waals surface area contributed by atoms with Gasteiger partial charge in [-0.2, -0.15) is 0 Å². The van der Waals surface area contributed by atoms with Crippen molar-refractivity contribution >= 4 is 33.9 Å². The van der Waals surface area contributed by atoms with Gasteiger partial charge in [-0.1, -0.05) is 12.7 Å². The summed E-state index contributed by atoms with van der Waals surface area (Å²) >= 11 is 0. The Kier molecular flexibility index (Phi) is 15.3. The van der Waals surface area contributed by atoms with Crippen molar-refractivity contribution in [2.45, 2.75) is 26.2 Å². The van der Waals surface area contributed by atoms with E-state index in [9.17, 15) is 22.8 Å². The van der Waals surface area contributed by atoms with Crippen molar-refractivity contribution in [1.82, 2.24) is 10.6 Å². The van der Waals surface area contributed by atoms with Crippen molar-refractivity contribution in [1.29, 1.82) is 0 Å². The first kappa shape index (κ1) is 35.6. The average molecular weight is 611 g/mol. The van der Waals surface area contributed by atoms with E-state index < -0.39 is 27.7 Å². The Morgan fingerprint density at radius 3 is 2.12 bits per heavy atom. The molecule has 42 heavy (non-hydrogen) atoms. The van der Waals surface area contributed by atoms with Gasteiger partial charge in [0.25, 0.3) is 0 Å². The minimum absolute atomic E-state index is 0.0261. The number of carbonyl (C=O) groups excluding carboxylic acids is 2. The number of carbonyl (C=O) groups is 3. The highest BCUT2D eigenvalue weighted by Crippen LogP contribution is 2.35. The van der Waals surface area contributed by atoms with Crippen LogP contribution in [0.5, 0.6) is 17.2 Å². The number of allylic oxidation sites excluding steroid dienone is 3. The Balaban J connectivity index is 2.94. The van der Waals surface area contributed by atoms with Crippen molar-refractivity contribution < 1.29 is 51.6 Å². The Morgan fingerprint density at radius 1 is 0.976 bits per heavy atom. The maximum Gasteiger partial charge on any atom is 0.412 e. The Bertz CT molecular complexity index is 1290. The topological polar surface area (TPSA) is 176 Å².